The molecule has 0 bridgehead atoms. The number of halogens is 2. The van der Waals surface area contributed by atoms with Crippen molar-refractivity contribution in [2.75, 3.05) is 0 Å². The number of nitrogens with zero attached hydrogens (tertiary/aromatic N) is 1. The molecule has 1 aromatic carbocycles. The molecule has 1 fully saturated rings. The second-order valence-corrected chi connectivity index (χ2v) is 4.60. The Kier molecular flexibility index (Phi) is 2.88. The molecule has 2 nitrogen and oxygen atoms in total. The van der Waals surface area contributed by atoms with Gasteiger partial charge in [0, 0.05) is 0 Å². The molecule has 0 amide bonds. The summed E-state index contributed by atoms with van der Waals surface area (Å²) >= 11 is 5.64. The monoisotopic (exact) mass is 239 g/mol. The first-order valence-corrected chi connectivity index (χ1v) is 5.51. The molecule has 0 saturated heterocycles. The quantitative estimate of drug-likeness (QED) is 0.861. The van der Waals surface area contributed by atoms with Gasteiger partial charge in [0.25, 0.3) is 0 Å². The number of nitriles is 1. The van der Waals surface area contributed by atoms with E-state index in [1.165, 1.54) is 18.2 Å². The Morgan fingerprint density at radius 1 is 1.50 bits per heavy atom. The van der Waals surface area contributed by atoms with Crippen LogP contribution in [0.5, 0.6) is 0 Å². The fourth-order valence-electron chi connectivity index (χ4n) is 2.01. The number of hydrogen-bond donors (Lipinski definition) is 1. The molecule has 4 heteroatoms. The summed E-state index contributed by atoms with van der Waals surface area (Å²) in [4.78, 5) is 0. The second kappa shape index (κ2) is 4.04. The van der Waals surface area contributed by atoms with Gasteiger partial charge in [0.1, 0.15) is 5.82 Å². The lowest BCUT2D eigenvalue weighted by Crippen LogP contribution is -2.34. The first kappa shape index (κ1) is 11.4. The van der Waals surface area contributed by atoms with Crippen LogP contribution in [0.1, 0.15) is 30.9 Å². The zero-order chi connectivity index (χ0) is 11.8. The fraction of sp³-hybridized carbons (Fsp3) is 0.417. The molecule has 0 radical (unpaired) electrons. The Bertz CT molecular complexity index is 451. The van der Waals surface area contributed by atoms with E-state index < -0.39 is 17.3 Å². The van der Waals surface area contributed by atoms with Gasteiger partial charge in [-0.3, -0.25) is 0 Å². The Labute approximate surface area is 98.3 Å². The summed E-state index contributed by atoms with van der Waals surface area (Å²) in [6.07, 6.45) is 1.42. The summed E-state index contributed by atoms with van der Waals surface area (Å²) in [6.45, 7) is 0. The lowest BCUT2D eigenvalue weighted by Gasteiger charge is -2.39. The number of aliphatic hydroxyl groups is 1. The molecule has 1 unspecified atom stereocenters. The molecule has 0 heterocycles. The van der Waals surface area contributed by atoms with Crippen molar-refractivity contribution in [3.63, 3.8) is 0 Å². The van der Waals surface area contributed by atoms with Crippen LogP contribution in [0.2, 0.25) is 5.02 Å². The van der Waals surface area contributed by atoms with Crippen molar-refractivity contribution in [2.24, 2.45) is 5.41 Å². The van der Waals surface area contributed by atoms with Crippen molar-refractivity contribution < 1.29 is 9.50 Å². The van der Waals surface area contributed by atoms with E-state index in [1.54, 1.807) is 0 Å². The highest BCUT2D eigenvalue weighted by Gasteiger charge is 2.44. The standard InChI is InChI=1S/C12H11ClFNO/c13-9-6-8(2-3-10(9)14)11(16)12(7-15)4-1-5-12/h2-3,6,11,16H,1,4-5H2. The Morgan fingerprint density at radius 3 is 2.62 bits per heavy atom. The molecule has 1 aliphatic carbocycles. The van der Waals surface area contributed by atoms with Crippen LogP contribution in [-0.2, 0) is 0 Å². The second-order valence-electron chi connectivity index (χ2n) is 4.20. The number of aliphatic hydroxyl groups excluding tert-OH is 1. The van der Waals surface area contributed by atoms with Gasteiger partial charge in [-0.05, 0) is 30.5 Å². The van der Waals surface area contributed by atoms with E-state index in [0.29, 0.717) is 18.4 Å². The maximum atomic E-state index is 13.0. The van der Waals surface area contributed by atoms with Gasteiger partial charge < -0.3 is 5.11 Å². The summed E-state index contributed by atoms with van der Waals surface area (Å²) in [5.74, 6) is -0.516. The molecule has 0 aromatic heterocycles. The van der Waals surface area contributed by atoms with Gasteiger partial charge in [-0.2, -0.15) is 5.26 Å². The van der Waals surface area contributed by atoms with Crippen molar-refractivity contribution in [2.45, 2.75) is 25.4 Å². The van der Waals surface area contributed by atoms with Crippen LogP contribution < -0.4 is 0 Å². The highest BCUT2D eigenvalue weighted by atomic mass is 35.5. The Balaban J connectivity index is 2.31. The van der Waals surface area contributed by atoms with E-state index in [1.807, 2.05) is 0 Å². The molecular formula is C12H11ClFNO. The van der Waals surface area contributed by atoms with Gasteiger partial charge in [-0.25, -0.2) is 4.39 Å². The summed E-state index contributed by atoms with van der Waals surface area (Å²) in [5, 5.41) is 19.2. The third kappa shape index (κ3) is 1.68. The third-order valence-corrected chi connectivity index (χ3v) is 3.54. The number of benzene rings is 1. The highest BCUT2D eigenvalue weighted by molar-refractivity contribution is 6.30. The van der Waals surface area contributed by atoms with E-state index in [-0.39, 0.29) is 5.02 Å². The molecule has 16 heavy (non-hydrogen) atoms. The molecule has 1 N–H and O–H groups in total. The molecule has 1 atom stereocenters. The van der Waals surface area contributed by atoms with Crippen LogP contribution in [0.4, 0.5) is 4.39 Å². The van der Waals surface area contributed by atoms with Gasteiger partial charge in [-0.1, -0.05) is 24.1 Å². The van der Waals surface area contributed by atoms with E-state index in [4.69, 9.17) is 16.9 Å². The maximum Gasteiger partial charge on any atom is 0.141 e. The van der Waals surface area contributed by atoms with E-state index >= 15 is 0 Å². The van der Waals surface area contributed by atoms with E-state index in [9.17, 15) is 9.50 Å². The zero-order valence-corrected chi connectivity index (χ0v) is 9.34. The zero-order valence-electron chi connectivity index (χ0n) is 8.58. The van der Waals surface area contributed by atoms with Crippen LogP contribution in [0.15, 0.2) is 18.2 Å². The van der Waals surface area contributed by atoms with Crippen LogP contribution >= 0.6 is 11.6 Å². The first-order valence-electron chi connectivity index (χ1n) is 5.13. The SMILES string of the molecule is N#CC1(C(O)c2ccc(F)c(Cl)c2)CCC1. The minimum Gasteiger partial charge on any atom is -0.387 e. The van der Waals surface area contributed by atoms with Crippen LogP contribution in [0.3, 0.4) is 0 Å². The molecule has 0 spiro atoms. The summed E-state index contributed by atoms with van der Waals surface area (Å²) in [7, 11) is 0. The van der Waals surface area contributed by atoms with Gasteiger partial charge in [0.05, 0.1) is 22.6 Å². The lowest BCUT2D eigenvalue weighted by atomic mass is 9.65. The van der Waals surface area contributed by atoms with Crippen molar-refractivity contribution in [3.8, 4) is 6.07 Å². The molecule has 1 aromatic rings. The predicted octanol–water partition coefficient (Wildman–Crippen LogP) is 3.21. The predicted molar refractivity (Wildman–Crippen MR) is 58.3 cm³/mol. The normalized spacial score (nSPS) is 19.6. The average molecular weight is 240 g/mol. The van der Waals surface area contributed by atoms with Crippen LogP contribution in [-0.4, -0.2) is 5.11 Å². The first-order chi connectivity index (χ1) is 7.59. The number of hydrogen-bond acceptors (Lipinski definition) is 2. The molecule has 84 valence electrons. The Hall–Kier alpha value is -1.11. The van der Waals surface area contributed by atoms with Crippen molar-refractivity contribution >= 4 is 11.6 Å². The molecular weight excluding hydrogens is 229 g/mol. The Morgan fingerprint density at radius 2 is 2.19 bits per heavy atom. The smallest absolute Gasteiger partial charge is 0.141 e. The van der Waals surface area contributed by atoms with Gasteiger partial charge >= 0.3 is 0 Å². The van der Waals surface area contributed by atoms with Crippen molar-refractivity contribution in [3.05, 3.63) is 34.6 Å². The van der Waals surface area contributed by atoms with Crippen LogP contribution in [0, 0.1) is 22.6 Å². The summed E-state index contributed by atoms with van der Waals surface area (Å²) in [5.41, 5.74) is -0.200. The molecule has 2 rings (SSSR count). The minimum atomic E-state index is -0.885. The molecule has 1 aliphatic rings. The summed E-state index contributed by atoms with van der Waals surface area (Å²) in [6, 6.07) is 6.24. The van der Waals surface area contributed by atoms with Crippen LogP contribution in [0.25, 0.3) is 0 Å². The maximum absolute atomic E-state index is 13.0. The molecule has 0 aliphatic heterocycles. The topological polar surface area (TPSA) is 44.0 Å². The largest absolute Gasteiger partial charge is 0.387 e. The lowest BCUT2D eigenvalue weighted by molar-refractivity contribution is 0.00792. The van der Waals surface area contributed by atoms with Crippen molar-refractivity contribution in [1.29, 1.82) is 5.26 Å². The van der Waals surface area contributed by atoms with E-state index in [2.05, 4.69) is 6.07 Å². The minimum absolute atomic E-state index is 0.0241. The number of rotatable bonds is 2. The van der Waals surface area contributed by atoms with E-state index in [0.717, 1.165) is 6.42 Å². The van der Waals surface area contributed by atoms with Crippen molar-refractivity contribution in [1.82, 2.24) is 0 Å². The van der Waals surface area contributed by atoms with Gasteiger partial charge in [-0.15, -0.1) is 0 Å². The fourth-order valence-corrected chi connectivity index (χ4v) is 2.19. The third-order valence-electron chi connectivity index (χ3n) is 3.25. The summed E-state index contributed by atoms with van der Waals surface area (Å²) < 4.78 is 13.0. The molecule has 1 saturated carbocycles. The highest BCUT2D eigenvalue weighted by Crippen LogP contribution is 2.49. The average Bonchev–Trinajstić information content (AvgIpc) is 2.21. The van der Waals surface area contributed by atoms with Gasteiger partial charge in [0.2, 0.25) is 0 Å². The van der Waals surface area contributed by atoms with Gasteiger partial charge in [0.15, 0.2) is 0 Å².